The van der Waals surface area contributed by atoms with Crippen molar-refractivity contribution in [1.82, 2.24) is 5.32 Å². The van der Waals surface area contributed by atoms with Crippen LogP contribution in [0.2, 0.25) is 0 Å². The number of benzene rings is 2. The number of nitrogens with one attached hydrogen (secondary N) is 1. The van der Waals surface area contributed by atoms with Crippen LogP contribution in [-0.4, -0.2) is 29.5 Å². The van der Waals surface area contributed by atoms with Gasteiger partial charge in [-0.05, 0) is 37.1 Å². The quantitative estimate of drug-likeness (QED) is 0.615. The van der Waals surface area contributed by atoms with Crippen molar-refractivity contribution in [2.45, 2.75) is 55.4 Å². The van der Waals surface area contributed by atoms with Crippen LogP contribution in [0.3, 0.4) is 0 Å². The van der Waals surface area contributed by atoms with Crippen LogP contribution in [0.4, 0.5) is 0 Å². The second kappa shape index (κ2) is 15.5. The number of hydrogen-bond acceptors (Lipinski definition) is 7. The Morgan fingerprint density at radius 3 is 1.71 bits per heavy atom. The first-order valence-corrected chi connectivity index (χ1v) is 10.3. The van der Waals surface area contributed by atoms with Gasteiger partial charge in [0, 0.05) is 34.2 Å². The summed E-state index contributed by atoms with van der Waals surface area (Å²) in [5.41, 5.74) is 0.231. The van der Waals surface area contributed by atoms with E-state index in [1.165, 1.54) is 11.8 Å². The number of Topliss-reactive ketones (excluding diaryl/α,β-unsaturated/α-hetero) is 1. The molecule has 0 spiro atoms. The van der Waals surface area contributed by atoms with Gasteiger partial charge in [-0.3, -0.25) is 9.59 Å². The molecule has 0 aliphatic rings. The van der Waals surface area contributed by atoms with E-state index in [9.17, 15) is 9.59 Å². The highest BCUT2D eigenvalue weighted by atomic mass is 32.2. The zero-order valence-electron chi connectivity index (χ0n) is 17.7. The third-order valence-electron chi connectivity index (χ3n) is 4.45. The fourth-order valence-electron chi connectivity index (χ4n) is 2.84. The molecule has 1 N–H and O–H groups in total. The lowest BCUT2D eigenvalue weighted by atomic mass is 9.85. The zero-order chi connectivity index (χ0) is 23.7. The van der Waals surface area contributed by atoms with Crippen molar-refractivity contribution in [3.8, 4) is 0 Å². The molecule has 2 aromatic rings. The lowest BCUT2D eigenvalue weighted by molar-refractivity contribution is -0.193. The molecule has 0 heterocycles. The van der Waals surface area contributed by atoms with Gasteiger partial charge in [0.2, 0.25) is 5.91 Å². The Hall–Kier alpha value is -3.31. The summed E-state index contributed by atoms with van der Waals surface area (Å²) in [6, 6.07) is 17.8. The van der Waals surface area contributed by atoms with Gasteiger partial charge in [-0.2, -0.15) is 19.2 Å². The van der Waals surface area contributed by atoms with Gasteiger partial charge >= 0.3 is 12.3 Å². The minimum absolute atomic E-state index is 0.0636. The maximum atomic E-state index is 12.7. The molecule has 8 heteroatoms. The van der Waals surface area contributed by atoms with E-state index >= 15 is 0 Å². The van der Waals surface area contributed by atoms with Crippen LogP contribution in [0.25, 0.3) is 0 Å². The van der Waals surface area contributed by atoms with Gasteiger partial charge in [0.25, 0.3) is 0 Å². The second-order valence-electron chi connectivity index (χ2n) is 6.37. The molecule has 7 nitrogen and oxygen atoms in total. The molecule has 0 aliphatic heterocycles. The van der Waals surface area contributed by atoms with Crippen LogP contribution in [0.15, 0.2) is 64.4 Å². The molecule has 0 atom stereocenters. The van der Waals surface area contributed by atoms with Crippen molar-refractivity contribution < 1.29 is 28.8 Å². The van der Waals surface area contributed by atoms with Crippen molar-refractivity contribution in [2.75, 3.05) is 0 Å². The first kappa shape index (κ1) is 27.7. The number of rotatable bonds is 8. The Balaban J connectivity index is 0.00000134. The largest absolute Gasteiger partial charge is 0.373 e. The number of carbonyl (C=O) groups is 2. The fraction of sp³-hybridized carbons (Fsp3) is 0.304. The van der Waals surface area contributed by atoms with Gasteiger partial charge in [0.1, 0.15) is 0 Å². The van der Waals surface area contributed by atoms with E-state index in [4.69, 9.17) is 19.2 Å². The third kappa shape index (κ3) is 10.9. The van der Waals surface area contributed by atoms with E-state index in [0.29, 0.717) is 12.0 Å². The molecular weight excluding hydrogens is 418 g/mol. The molecule has 0 unspecified atom stereocenters. The van der Waals surface area contributed by atoms with Crippen molar-refractivity contribution in [3.63, 3.8) is 0 Å². The predicted octanol–water partition coefficient (Wildman–Crippen LogP) is 3.94. The van der Waals surface area contributed by atoms with Crippen LogP contribution < -0.4 is 5.32 Å². The average molecular weight is 444 g/mol. The van der Waals surface area contributed by atoms with E-state index in [2.05, 4.69) is 17.4 Å². The lowest BCUT2D eigenvalue weighted by Crippen LogP contribution is -2.48. The number of amides is 1. The van der Waals surface area contributed by atoms with Gasteiger partial charge < -0.3 is 5.32 Å². The van der Waals surface area contributed by atoms with Gasteiger partial charge in [-0.25, -0.2) is 0 Å². The van der Waals surface area contributed by atoms with Crippen molar-refractivity contribution >= 4 is 35.8 Å². The molecular formula is C23H25NO6S. The summed E-state index contributed by atoms with van der Waals surface area (Å²) < 4.78 is 0. The zero-order valence-corrected chi connectivity index (χ0v) is 18.5. The second-order valence-corrected chi connectivity index (χ2v) is 7.52. The molecule has 164 valence electrons. The average Bonchev–Trinajstić information content (AvgIpc) is 2.75. The van der Waals surface area contributed by atoms with Crippen molar-refractivity contribution in [1.29, 1.82) is 0 Å². The number of hydrogen-bond donors (Lipinski definition) is 1. The summed E-state index contributed by atoms with van der Waals surface area (Å²) in [4.78, 5) is 58.9. The van der Waals surface area contributed by atoms with Crippen LogP contribution in [0.1, 0.15) is 50.4 Å². The van der Waals surface area contributed by atoms with E-state index in [1.54, 1.807) is 11.8 Å². The summed E-state index contributed by atoms with van der Waals surface area (Å²) in [6.07, 6.45) is 2.29. The Labute approximate surface area is 185 Å². The first-order valence-electron chi connectivity index (χ1n) is 9.44. The van der Waals surface area contributed by atoms with Crippen molar-refractivity contribution in [2.24, 2.45) is 0 Å². The third-order valence-corrected chi connectivity index (χ3v) is 5.46. The predicted molar refractivity (Wildman–Crippen MR) is 113 cm³/mol. The van der Waals surface area contributed by atoms with Crippen molar-refractivity contribution in [3.05, 3.63) is 60.2 Å². The smallest absolute Gasteiger partial charge is 0.350 e. The minimum atomic E-state index is -0.458. The summed E-state index contributed by atoms with van der Waals surface area (Å²) in [5, 5.41) is 2.97. The highest BCUT2D eigenvalue weighted by Gasteiger charge is 2.30. The van der Waals surface area contributed by atoms with E-state index in [0.717, 1.165) is 17.7 Å². The molecule has 0 aliphatic carbocycles. The Morgan fingerprint density at radius 2 is 1.29 bits per heavy atom. The minimum Gasteiger partial charge on any atom is -0.350 e. The van der Waals surface area contributed by atoms with Gasteiger partial charge in [-0.1, -0.05) is 55.9 Å². The van der Waals surface area contributed by atoms with Gasteiger partial charge in [0.05, 0.1) is 0 Å². The summed E-state index contributed by atoms with van der Waals surface area (Å²) in [5.74, 6) is -0.0279. The first-order chi connectivity index (χ1) is 14.8. The topological polar surface area (TPSA) is 114 Å². The highest BCUT2D eigenvalue weighted by Crippen LogP contribution is 2.28. The van der Waals surface area contributed by atoms with E-state index < -0.39 is 5.54 Å². The molecule has 2 rings (SSSR count). The number of carbonyl (C=O) groups excluding carboxylic acids is 6. The van der Waals surface area contributed by atoms with Gasteiger partial charge in [-0.15, -0.1) is 0 Å². The Morgan fingerprint density at radius 1 is 0.839 bits per heavy atom. The van der Waals surface area contributed by atoms with E-state index in [1.807, 2.05) is 56.3 Å². The maximum absolute atomic E-state index is 12.7. The summed E-state index contributed by atoms with van der Waals surface area (Å²) >= 11 is 1.67. The standard InChI is InChI=1S/C21H25NO2S.2CO2/c1-4-21(5-2,22-16(3)23)15-20(24)17-11-13-19(14-12-17)25-18-9-7-6-8-10-18;2*2-1-3/h6-14H,4-5,15H2,1-3H3,(H,22,23);;. The SMILES string of the molecule is CCC(CC)(CC(=O)c1ccc(Sc2ccccc2)cc1)NC(C)=O.O=C=O.O=C=O. The molecule has 1 amide bonds. The molecule has 0 saturated heterocycles. The van der Waals surface area contributed by atoms with Gasteiger partial charge in [0.15, 0.2) is 5.78 Å². The molecule has 0 radical (unpaired) electrons. The normalized spacial score (nSPS) is 9.52. The Kier molecular flexibility index (Phi) is 13.9. The molecule has 0 aromatic heterocycles. The summed E-state index contributed by atoms with van der Waals surface area (Å²) in [6.45, 7) is 5.51. The lowest BCUT2D eigenvalue weighted by Gasteiger charge is -2.32. The van der Waals surface area contributed by atoms with Crippen LogP contribution in [0, 0.1) is 0 Å². The molecule has 0 bridgehead atoms. The number of ketones is 1. The molecule has 0 saturated carbocycles. The highest BCUT2D eigenvalue weighted by molar-refractivity contribution is 7.99. The monoisotopic (exact) mass is 443 g/mol. The van der Waals surface area contributed by atoms with Crippen LogP contribution >= 0.6 is 11.8 Å². The molecule has 31 heavy (non-hydrogen) atoms. The maximum Gasteiger partial charge on any atom is 0.373 e. The van der Waals surface area contributed by atoms with E-state index in [-0.39, 0.29) is 24.0 Å². The van der Waals surface area contributed by atoms with Crippen LogP contribution in [-0.2, 0) is 24.0 Å². The summed E-state index contributed by atoms with van der Waals surface area (Å²) in [7, 11) is 0. The molecule has 0 fully saturated rings. The Bertz CT molecular complexity index is 868. The fourth-order valence-corrected chi connectivity index (χ4v) is 3.67. The van der Waals surface area contributed by atoms with Crippen LogP contribution in [0.5, 0.6) is 0 Å². The molecule has 2 aromatic carbocycles.